The van der Waals surface area contributed by atoms with Crippen LogP contribution in [0, 0.1) is 10.1 Å². The zero-order chi connectivity index (χ0) is 10.7. The monoisotopic (exact) mass is 241 g/mol. The van der Waals surface area contributed by atoms with Crippen molar-refractivity contribution >= 4 is 29.2 Å². The van der Waals surface area contributed by atoms with Gasteiger partial charge in [0, 0.05) is 12.1 Å². The van der Waals surface area contributed by atoms with Crippen LogP contribution < -0.4 is 0 Å². The van der Waals surface area contributed by atoms with Crippen LogP contribution in [0.15, 0.2) is 24.3 Å². The van der Waals surface area contributed by atoms with E-state index in [9.17, 15) is 10.1 Å². The van der Waals surface area contributed by atoms with E-state index in [1.807, 2.05) is 35.7 Å². The van der Waals surface area contributed by atoms with Crippen LogP contribution in [0.3, 0.4) is 0 Å². The summed E-state index contributed by atoms with van der Waals surface area (Å²) in [5.74, 6) is 2.38. The fraction of sp³-hybridized carbons (Fsp3) is 0.400. The second-order valence-corrected chi connectivity index (χ2v) is 6.00. The van der Waals surface area contributed by atoms with Crippen LogP contribution in [-0.4, -0.2) is 16.4 Å². The molecule has 80 valence electrons. The van der Waals surface area contributed by atoms with Crippen LogP contribution in [0.2, 0.25) is 0 Å². The first kappa shape index (κ1) is 10.8. The standard InChI is InChI=1S/C10H11NO2S2/c12-11(13)9-4-2-8(3-5-9)10-14-6-1-7-15-10/h2-5,10H,1,6-7H2. The minimum atomic E-state index is -0.356. The van der Waals surface area contributed by atoms with E-state index >= 15 is 0 Å². The van der Waals surface area contributed by atoms with Crippen LogP contribution in [0.5, 0.6) is 0 Å². The van der Waals surface area contributed by atoms with E-state index in [1.54, 1.807) is 12.1 Å². The summed E-state index contributed by atoms with van der Waals surface area (Å²) in [5, 5.41) is 10.5. The molecule has 0 N–H and O–H groups in total. The molecule has 1 aromatic carbocycles. The Morgan fingerprint density at radius 2 is 1.80 bits per heavy atom. The predicted molar refractivity (Wildman–Crippen MR) is 65.4 cm³/mol. The Balaban J connectivity index is 2.11. The zero-order valence-corrected chi connectivity index (χ0v) is 9.72. The van der Waals surface area contributed by atoms with Crippen molar-refractivity contribution in [2.24, 2.45) is 0 Å². The molecule has 1 aliphatic rings. The Kier molecular flexibility index (Phi) is 3.53. The van der Waals surface area contributed by atoms with Gasteiger partial charge in [-0.25, -0.2) is 0 Å². The quantitative estimate of drug-likeness (QED) is 0.587. The fourth-order valence-corrected chi connectivity index (χ4v) is 4.33. The number of non-ortho nitro benzene ring substituents is 1. The molecular weight excluding hydrogens is 230 g/mol. The van der Waals surface area contributed by atoms with Crippen molar-refractivity contribution in [1.82, 2.24) is 0 Å². The molecule has 5 heteroatoms. The molecule has 0 spiro atoms. The largest absolute Gasteiger partial charge is 0.269 e. The van der Waals surface area contributed by atoms with Crippen LogP contribution in [0.1, 0.15) is 16.6 Å². The first-order valence-electron chi connectivity index (χ1n) is 4.75. The lowest BCUT2D eigenvalue weighted by Gasteiger charge is -2.20. The van der Waals surface area contributed by atoms with E-state index in [2.05, 4.69) is 0 Å². The average Bonchev–Trinajstić information content (AvgIpc) is 2.30. The third-order valence-corrected chi connectivity index (χ3v) is 5.22. The van der Waals surface area contributed by atoms with E-state index in [1.165, 1.54) is 23.5 Å². The molecule has 0 unspecified atom stereocenters. The van der Waals surface area contributed by atoms with Gasteiger partial charge in [0.05, 0.1) is 9.51 Å². The molecular formula is C10H11NO2S2. The van der Waals surface area contributed by atoms with Gasteiger partial charge >= 0.3 is 0 Å². The number of nitro benzene ring substituents is 1. The molecule has 0 amide bonds. The number of rotatable bonds is 2. The van der Waals surface area contributed by atoms with Gasteiger partial charge in [0.25, 0.3) is 5.69 Å². The minimum absolute atomic E-state index is 0.171. The van der Waals surface area contributed by atoms with Crippen LogP contribution in [0.25, 0.3) is 0 Å². The van der Waals surface area contributed by atoms with Gasteiger partial charge < -0.3 is 0 Å². The van der Waals surface area contributed by atoms with Crippen molar-refractivity contribution in [2.45, 2.75) is 11.0 Å². The maximum atomic E-state index is 10.5. The van der Waals surface area contributed by atoms with Crippen LogP contribution in [-0.2, 0) is 0 Å². The number of hydrogen-bond donors (Lipinski definition) is 0. The first-order valence-corrected chi connectivity index (χ1v) is 6.85. The van der Waals surface area contributed by atoms with Crippen LogP contribution >= 0.6 is 23.5 Å². The van der Waals surface area contributed by atoms with Crippen molar-refractivity contribution in [3.8, 4) is 0 Å². The summed E-state index contributed by atoms with van der Waals surface area (Å²) in [6.07, 6.45) is 1.26. The van der Waals surface area contributed by atoms with E-state index in [0.29, 0.717) is 4.58 Å². The molecule has 0 saturated carbocycles. The molecule has 0 radical (unpaired) electrons. The Labute approximate surface area is 96.8 Å². The molecule has 0 bridgehead atoms. The number of benzene rings is 1. The molecule has 1 heterocycles. The highest BCUT2D eigenvalue weighted by molar-refractivity contribution is 8.16. The van der Waals surface area contributed by atoms with Crippen molar-refractivity contribution in [1.29, 1.82) is 0 Å². The molecule has 2 rings (SSSR count). The minimum Gasteiger partial charge on any atom is -0.258 e. The molecule has 3 nitrogen and oxygen atoms in total. The summed E-state index contributed by atoms with van der Waals surface area (Å²) in [6.45, 7) is 0. The fourth-order valence-electron chi connectivity index (χ4n) is 1.43. The molecule has 1 aliphatic heterocycles. The highest BCUT2D eigenvalue weighted by atomic mass is 32.2. The second-order valence-electron chi connectivity index (χ2n) is 3.28. The predicted octanol–water partition coefficient (Wildman–Crippen LogP) is 3.46. The van der Waals surface area contributed by atoms with E-state index in [-0.39, 0.29) is 10.6 Å². The molecule has 0 aliphatic carbocycles. The second kappa shape index (κ2) is 4.90. The van der Waals surface area contributed by atoms with Gasteiger partial charge in [0.2, 0.25) is 0 Å². The third-order valence-electron chi connectivity index (χ3n) is 2.20. The Hall–Kier alpha value is -0.680. The number of nitrogens with zero attached hydrogens (tertiary/aromatic N) is 1. The van der Waals surface area contributed by atoms with Crippen LogP contribution in [0.4, 0.5) is 5.69 Å². The first-order chi connectivity index (χ1) is 7.27. The maximum Gasteiger partial charge on any atom is 0.269 e. The Bertz CT molecular complexity index is 347. The molecule has 1 fully saturated rings. The normalized spacial score (nSPS) is 17.6. The number of nitro groups is 1. The van der Waals surface area contributed by atoms with Gasteiger partial charge in [0.1, 0.15) is 0 Å². The van der Waals surface area contributed by atoms with E-state index in [4.69, 9.17) is 0 Å². The van der Waals surface area contributed by atoms with Gasteiger partial charge in [-0.2, -0.15) is 0 Å². The molecule has 15 heavy (non-hydrogen) atoms. The summed E-state index contributed by atoms with van der Waals surface area (Å²) in [5.41, 5.74) is 1.36. The van der Waals surface area contributed by atoms with Gasteiger partial charge in [-0.15, -0.1) is 23.5 Å². The zero-order valence-electron chi connectivity index (χ0n) is 8.09. The summed E-state index contributed by atoms with van der Waals surface area (Å²) in [7, 11) is 0. The van der Waals surface area contributed by atoms with Gasteiger partial charge in [0.15, 0.2) is 0 Å². The number of hydrogen-bond acceptors (Lipinski definition) is 4. The summed E-state index contributed by atoms with van der Waals surface area (Å²) < 4.78 is 0.458. The number of thioether (sulfide) groups is 2. The summed E-state index contributed by atoms with van der Waals surface area (Å²) in [4.78, 5) is 10.1. The third kappa shape index (κ3) is 2.66. The SMILES string of the molecule is O=[N+]([O-])c1ccc(C2SCCCS2)cc1. The van der Waals surface area contributed by atoms with Gasteiger partial charge in [-0.05, 0) is 23.5 Å². The molecule has 1 saturated heterocycles. The van der Waals surface area contributed by atoms with Crippen molar-refractivity contribution < 1.29 is 4.92 Å². The maximum absolute atomic E-state index is 10.5. The smallest absolute Gasteiger partial charge is 0.258 e. The van der Waals surface area contributed by atoms with Crippen molar-refractivity contribution in [3.05, 3.63) is 39.9 Å². The average molecular weight is 241 g/mol. The Morgan fingerprint density at radius 3 is 2.33 bits per heavy atom. The van der Waals surface area contributed by atoms with E-state index in [0.717, 1.165) is 0 Å². The van der Waals surface area contributed by atoms with Crippen molar-refractivity contribution in [2.75, 3.05) is 11.5 Å². The highest BCUT2D eigenvalue weighted by Crippen LogP contribution is 2.43. The van der Waals surface area contributed by atoms with Crippen molar-refractivity contribution in [3.63, 3.8) is 0 Å². The molecule has 0 atom stereocenters. The van der Waals surface area contributed by atoms with Gasteiger partial charge in [-0.1, -0.05) is 12.1 Å². The lowest BCUT2D eigenvalue weighted by molar-refractivity contribution is -0.384. The van der Waals surface area contributed by atoms with Gasteiger partial charge in [-0.3, -0.25) is 10.1 Å². The summed E-state index contributed by atoms with van der Waals surface area (Å²) in [6, 6.07) is 6.92. The topological polar surface area (TPSA) is 43.1 Å². The molecule has 1 aromatic rings. The lowest BCUT2D eigenvalue weighted by Crippen LogP contribution is -2.00. The Morgan fingerprint density at radius 1 is 1.20 bits per heavy atom. The molecule has 0 aromatic heterocycles. The lowest BCUT2D eigenvalue weighted by atomic mass is 10.2. The summed E-state index contributed by atoms with van der Waals surface area (Å²) >= 11 is 3.85. The van der Waals surface area contributed by atoms with E-state index < -0.39 is 0 Å². The highest BCUT2D eigenvalue weighted by Gasteiger charge is 2.17.